The second-order valence-corrected chi connectivity index (χ2v) is 2.14. The Morgan fingerprint density at radius 1 is 1.00 bits per heavy atom. The number of hydrogen-bond acceptors (Lipinski definition) is 9. The highest BCUT2D eigenvalue weighted by molar-refractivity contribution is 4.49. The van der Waals surface area contributed by atoms with E-state index in [9.17, 15) is 10.1 Å². The molecule has 5 N–H and O–H groups in total. The van der Waals surface area contributed by atoms with Gasteiger partial charge in [0, 0.05) is 11.5 Å². The van der Waals surface area contributed by atoms with Crippen molar-refractivity contribution in [3.63, 3.8) is 0 Å². The lowest BCUT2D eigenvalue weighted by Crippen LogP contribution is -2.40. The summed E-state index contributed by atoms with van der Waals surface area (Å²) in [5, 5.41) is 56.1. The first kappa shape index (κ1) is 21.0. The summed E-state index contributed by atoms with van der Waals surface area (Å²) < 4.78 is 0. The monoisotopic (exact) mass is 276 g/mol. The molecular formula is C4H12N4O10. The van der Waals surface area contributed by atoms with E-state index >= 15 is 0 Å². The van der Waals surface area contributed by atoms with E-state index in [1.54, 1.807) is 0 Å². The molecule has 0 saturated carbocycles. The van der Waals surface area contributed by atoms with Gasteiger partial charge < -0.3 is 20.6 Å². The standard InChI is InChI=1S/C4H10N2O4.2HNO3/c7-2-1-5-4(3-8)6(9)10;2*2-1(3)4/h4-5,7-8H,1-3H2;2*(H,2,3,4). The average Bonchev–Trinajstić information content (AvgIpc) is 2.16. The van der Waals surface area contributed by atoms with E-state index in [2.05, 4.69) is 5.32 Å². The smallest absolute Gasteiger partial charge is 0.291 e. The molecule has 0 bridgehead atoms. The zero-order valence-electron chi connectivity index (χ0n) is 8.78. The van der Waals surface area contributed by atoms with Crippen LogP contribution >= 0.6 is 0 Å². The number of aliphatic hydroxyl groups is 2. The van der Waals surface area contributed by atoms with Gasteiger partial charge in [-0.1, -0.05) is 0 Å². The normalized spacial score (nSPS) is 9.89. The fourth-order valence-electron chi connectivity index (χ4n) is 0.437. The second kappa shape index (κ2) is 14.7. The minimum Gasteiger partial charge on any atom is -0.395 e. The lowest BCUT2D eigenvalue weighted by Gasteiger charge is -2.05. The quantitative estimate of drug-likeness (QED) is 0.200. The summed E-state index contributed by atoms with van der Waals surface area (Å²) in [7, 11) is 0. The largest absolute Gasteiger partial charge is 0.395 e. The van der Waals surface area contributed by atoms with Gasteiger partial charge >= 0.3 is 0 Å². The molecule has 18 heavy (non-hydrogen) atoms. The summed E-state index contributed by atoms with van der Waals surface area (Å²) in [5.74, 6) is 0. The SMILES string of the molecule is O=[N+]([O-])C(CO)NCCO.O=[N+]([O-])O.O=[N+]([O-])O. The zero-order chi connectivity index (χ0) is 15.1. The molecule has 0 aromatic heterocycles. The Labute approximate surface area is 98.4 Å². The van der Waals surface area contributed by atoms with Gasteiger partial charge in [0.05, 0.1) is 6.61 Å². The number of hydrogen-bond donors (Lipinski definition) is 5. The maximum atomic E-state index is 9.94. The third-order valence-electron chi connectivity index (χ3n) is 0.919. The molecule has 0 aromatic carbocycles. The molecule has 1 atom stereocenters. The van der Waals surface area contributed by atoms with Crippen molar-refractivity contribution in [2.24, 2.45) is 0 Å². The summed E-state index contributed by atoms with van der Waals surface area (Å²) in [6, 6.07) is 0. The predicted octanol–water partition coefficient (Wildman–Crippen LogP) is -2.53. The van der Waals surface area contributed by atoms with Gasteiger partial charge in [-0.3, -0.25) is 15.4 Å². The van der Waals surface area contributed by atoms with E-state index in [-0.39, 0.29) is 13.2 Å². The Morgan fingerprint density at radius 3 is 1.50 bits per heavy atom. The molecule has 0 rings (SSSR count). The highest BCUT2D eigenvalue weighted by Crippen LogP contribution is 1.80. The molecule has 0 heterocycles. The van der Waals surface area contributed by atoms with Gasteiger partial charge in [-0.05, 0) is 0 Å². The molecule has 0 aliphatic carbocycles. The lowest BCUT2D eigenvalue weighted by molar-refractivity contribution is -0.742. The molecule has 0 spiro atoms. The number of rotatable bonds is 5. The topological polar surface area (TPSA) is 222 Å². The van der Waals surface area contributed by atoms with Crippen molar-refractivity contribution >= 4 is 0 Å². The Hall–Kier alpha value is -2.32. The molecule has 0 amide bonds. The number of nitro groups is 1. The summed E-state index contributed by atoms with van der Waals surface area (Å²) in [4.78, 5) is 26.0. The summed E-state index contributed by atoms with van der Waals surface area (Å²) in [5.41, 5.74) is 0. The second-order valence-electron chi connectivity index (χ2n) is 2.14. The van der Waals surface area contributed by atoms with Crippen LogP contribution in [0.15, 0.2) is 0 Å². The van der Waals surface area contributed by atoms with Crippen LogP contribution in [0, 0.1) is 30.3 Å². The number of nitrogens with one attached hydrogen (secondary N) is 1. The number of aliphatic hydroxyl groups excluding tert-OH is 2. The van der Waals surface area contributed by atoms with E-state index < -0.39 is 27.9 Å². The van der Waals surface area contributed by atoms with Crippen molar-refractivity contribution in [2.75, 3.05) is 19.8 Å². The highest BCUT2D eigenvalue weighted by Gasteiger charge is 2.15. The first-order chi connectivity index (χ1) is 8.18. The summed E-state index contributed by atoms with van der Waals surface area (Å²) in [6.45, 7) is -0.621. The highest BCUT2D eigenvalue weighted by atomic mass is 16.9. The first-order valence-electron chi connectivity index (χ1n) is 3.94. The van der Waals surface area contributed by atoms with Crippen LogP contribution in [0.25, 0.3) is 0 Å². The average molecular weight is 276 g/mol. The van der Waals surface area contributed by atoms with Gasteiger partial charge in [0.2, 0.25) is 0 Å². The van der Waals surface area contributed by atoms with Gasteiger partial charge in [-0.15, -0.1) is 20.2 Å². The van der Waals surface area contributed by atoms with E-state index in [0.29, 0.717) is 0 Å². The van der Waals surface area contributed by atoms with Crippen LogP contribution < -0.4 is 5.32 Å². The zero-order valence-corrected chi connectivity index (χ0v) is 8.78. The van der Waals surface area contributed by atoms with Crippen LogP contribution in [0.1, 0.15) is 0 Å². The van der Waals surface area contributed by atoms with E-state index in [1.165, 1.54) is 0 Å². The molecule has 0 radical (unpaired) electrons. The molecule has 1 unspecified atom stereocenters. The van der Waals surface area contributed by atoms with Crippen LogP contribution in [-0.4, -0.2) is 61.6 Å². The van der Waals surface area contributed by atoms with Crippen molar-refractivity contribution in [1.29, 1.82) is 0 Å². The minimum absolute atomic E-state index is 0.117. The van der Waals surface area contributed by atoms with E-state index in [0.717, 1.165) is 0 Å². The molecule has 0 saturated heterocycles. The third-order valence-corrected chi connectivity index (χ3v) is 0.919. The van der Waals surface area contributed by atoms with Gasteiger partial charge in [0.15, 0.2) is 0 Å². The molecule has 14 nitrogen and oxygen atoms in total. The van der Waals surface area contributed by atoms with Crippen LogP contribution in [0.2, 0.25) is 0 Å². The Bertz CT molecular complexity index is 226. The Balaban J connectivity index is -0.000000233. The summed E-state index contributed by atoms with van der Waals surface area (Å²) >= 11 is 0. The van der Waals surface area contributed by atoms with E-state index in [1.807, 2.05) is 0 Å². The van der Waals surface area contributed by atoms with Crippen LogP contribution in [-0.2, 0) is 0 Å². The van der Waals surface area contributed by atoms with Crippen LogP contribution in [0.5, 0.6) is 0 Å². The number of nitrogens with zero attached hydrogens (tertiary/aromatic N) is 3. The maximum Gasteiger partial charge on any atom is 0.291 e. The minimum atomic E-state index is -1.50. The lowest BCUT2D eigenvalue weighted by atomic mass is 10.5. The van der Waals surface area contributed by atoms with Crippen LogP contribution in [0.3, 0.4) is 0 Å². The van der Waals surface area contributed by atoms with Crippen molar-refractivity contribution in [1.82, 2.24) is 5.32 Å². The molecule has 0 fully saturated rings. The van der Waals surface area contributed by atoms with Crippen molar-refractivity contribution < 1.29 is 35.7 Å². The Morgan fingerprint density at radius 2 is 1.33 bits per heavy atom. The predicted molar refractivity (Wildman–Crippen MR) is 50.5 cm³/mol. The molecule has 14 heteroatoms. The Kier molecular flexibility index (Phi) is 17.1. The van der Waals surface area contributed by atoms with Crippen molar-refractivity contribution in [3.8, 4) is 0 Å². The molecule has 108 valence electrons. The van der Waals surface area contributed by atoms with Gasteiger partial charge in [0.1, 0.15) is 6.61 Å². The molecule has 0 aliphatic rings. The molecule has 0 aromatic rings. The third kappa shape index (κ3) is 37.3. The van der Waals surface area contributed by atoms with Gasteiger partial charge in [-0.25, -0.2) is 0 Å². The summed E-state index contributed by atoms with van der Waals surface area (Å²) in [6.07, 6.45) is -1.16. The van der Waals surface area contributed by atoms with Crippen molar-refractivity contribution in [2.45, 2.75) is 6.17 Å². The van der Waals surface area contributed by atoms with Crippen molar-refractivity contribution in [3.05, 3.63) is 30.3 Å². The molecule has 0 aliphatic heterocycles. The fourth-order valence-corrected chi connectivity index (χ4v) is 0.437. The maximum absolute atomic E-state index is 9.94. The van der Waals surface area contributed by atoms with E-state index in [4.69, 9.17) is 40.9 Å². The van der Waals surface area contributed by atoms with Gasteiger partial charge in [0.25, 0.3) is 16.3 Å². The van der Waals surface area contributed by atoms with Crippen LogP contribution in [0.4, 0.5) is 0 Å². The molecular weight excluding hydrogens is 264 g/mol. The van der Waals surface area contributed by atoms with Gasteiger partial charge in [-0.2, -0.15) is 0 Å². The first-order valence-corrected chi connectivity index (χ1v) is 3.94. The fraction of sp³-hybridized carbons (Fsp3) is 1.00.